The number of H-pyrrole nitrogens is 1. The van der Waals surface area contributed by atoms with Crippen molar-refractivity contribution in [1.29, 1.82) is 0 Å². The molecular formula is C9H15N3O2. The highest BCUT2D eigenvalue weighted by atomic mass is 16.3. The molecule has 1 atom stereocenters. The maximum absolute atomic E-state index is 11.5. The van der Waals surface area contributed by atoms with Crippen molar-refractivity contribution in [2.45, 2.75) is 32.4 Å². The fourth-order valence-electron chi connectivity index (χ4n) is 0.847. The third kappa shape index (κ3) is 2.32. The number of aliphatic hydroxyl groups is 1. The molecule has 1 rings (SSSR count). The number of rotatable bonds is 3. The summed E-state index contributed by atoms with van der Waals surface area (Å²) in [6.07, 6.45) is 0.888. The van der Waals surface area contributed by atoms with Crippen molar-refractivity contribution < 1.29 is 9.90 Å². The van der Waals surface area contributed by atoms with E-state index < -0.39 is 11.6 Å². The zero-order chi connectivity index (χ0) is 10.8. The van der Waals surface area contributed by atoms with Crippen molar-refractivity contribution >= 4 is 5.91 Å². The number of hydrogen-bond acceptors (Lipinski definition) is 3. The van der Waals surface area contributed by atoms with Gasteiger partial charge in [-0.1, -0.05) is 0 Å². The van der Waals surface area contributed by atoms with Crippen LogP contribution < -0.4 is 5.32 Å². The smallest absolute Gasteiger partial charge is 0.269 e. The molecule has 0 aliphatic rings. The second-order valence-corrected chi connectivity index (χ2v) is 3.82. The Balaban J connectivity index is 2.66. The van der Waals surface area contributed by atoms with Gasteiger partial charge in [0.1, 0.15) is 5.69 Å². The molecule has 5 heteroatoms. The fourth-order valence-corrected chi connectivity index (χ4v) is 0.847. The lowest BCUT2D eigenvalue weighted by Crippen LogP contribution is -2.51. The molecule has 0 bridgehead atoms. The van der Waals surface area contributed by atoms with Gasteiger partial charge in [0.25, 0.3) is 5.91 Å². The monoisotopic (exact) mass is 197 g/mol. The van der Waals surface area contributed by atoms with Gasteiger partial charge in [-0.25, -0.2) is 0 Å². The fraction of sp³-hybridized carbons (Fsp3) is 0.556. The van der Waals surface area contributed by atoms with E-state index >= 15 is 0 Å². The van der Waals surface area contributed by atoms with E-state index in [9.17, 15) is 9.90 Å². The van der Waals surface area contributed by atoms with Gasteiger partial charge in [-0.2, -0.15) is 5.10 Å². The van der Waals surface area contributed by atoms with Gasteiger partial charge < -0.3 is 10.4 Å². The van der Waals surface area contributed by atoms with Gasteiger partial charge >= 0.3 is 0 Å². The summed E-state index contributed by atoms with van der Waals surface area (Å²) in [6.45, 7) is 5.14. The number of nitrogens with one attached hydrogen (secondary N) is 2. The molecule has 3 N–H and O–H groups in total. The number of nitrogens with zero attached hydrogens (tertiary/aromatic N) is 1. The molecule has 0 saturated carbocycles. The number of carbonyl (C=O) groups excluding carboxylic acids is 1. The average molecular weight is 197 g/mol. The molecular weight excluding hydrogens is 182 g/mol. The van der Waals surface area contributed by atoms with Gasteiger partial charge in [0.05, 0.1) is 11.6 Å². The lowest BCUT2D eigenvalue weighted by molar-refractivity contribution is 0.0705. The summed E-state index contributed by atoms with van der Waals surface area (Å²) < 4.78 is 0. The Morgan fingerprint density at radius 2 is 2.36 bits per heavy atom. The second-order valence-electron chi connectivity index (χ2n) is 3.82. The Bertz CT molecular complexity index is 304. The number of aromatic amines is 1. The van der Waals surface area contributed by atoms with Gasteiger partial charge in [0.2, 0.25) is 0 Å². The van der Waals surface area contributed by atoms with E-state index in [2.05, 4.69) is 15.5 Å². The number of amides is 1. The van der Waals surface area contributed by atoms with Crippen LogP contribution in [0.2, 0.25) is 0 Å². The highest BCUT2D eigenvalue weighted by molar-refractivity contribution is 5.92. The highest BCUT2D eigenvalue weighted by Crippen LogP contribution is 2.09. The summed E-state index contributed by atoms with van der Waals surface area (Å²) in [5.74, 6) is -0.270. The van der Waals surface area contributed by atoms with Crippen LogP contribution in [0.25, 0.3) is 0 Å². The standard InChI is InChI=1S/C9H15N3O2/c1-6(13)9(2,3)11-8(14)7-4-5-10-12-7/h4-6,13H,1-3H3,(H,10,12)(H,11,14). The van der Waals surface area contributed by atoms with E-state index in [0.29, 0.717) is 5.69 Å². The maximum Gasteiger partial charge on any atom is 0.269 e. The van der Waals surface area contributed by atoms with E-state index in [1.54, 1.807) is 26.8 Å². The molecule has 1 heterocycles. The molecule has 5 nitrogen and oxygen atoms in total. The molecule has 1 amide bonds. The molecule has 0 aliphatic carbocycles. The molecule has 0 saturated heterocycles. The van der Waals surface area contributed by atoms with Crippen molar-refractivity contribution in [3.05, 3.63) is 18.0 Å². The first-order chi connectivity index (χ1) is 6.43. The Kier molecular flexibility index (Phi) is 2.90. The van der Waals surface area contributed by atoms with Crippen LogP contribution in [0.3, 0.4) is 0 Å². The lowest BCUT2D eigenvalue weighted by atomic mass is 9.99. The minimum Gasteiger partial charge on any atom is -0.391 e. The Morgan fingerprint density at radius 3 is 2.79 bits per heavy atom. The van der Waals surface area contributed by atoms with Crippen LogP contribution in [0.4, 0.5) is 0 Å². The predicted octanol–water partition coefficient (Wildman–Crippen LogP) is 0.299. The van der Waals surface area contributed by atoms with Gasteiger partial charge in [-0.15, -0.1) is 0 Å². The van der Waals surface area contributed by atoms with E-state index in [1.165, 1.54) is 6.20 Å². The molecule has 78 valence electrons. The van der Waals surface area contributed by atoms with Gasteiger partial charge in [0, 0.05) is 6.20 Å². The van der Waals surface area contributed by atoms with Crippen molar-refractivity contribution in [2.24, 2.45) is 0 Å². The normalized spacial score (nSPS) is 13.7. The van der Waals surface area contributed by atoms with Crippen LogP contribution in [-0.4, -0.2) is 32.9 Å². The number of aromatic nitrogens is 2. The summed E-state index contributed by atoms with van der Waals surface area (Å²) in [5.41, 5.74) is -0.263. The van der Waals surface area contributed by atoms with Crippen LogP contribution in [0.1, 0.15) is 31.3 Å². The van der Waals surface area contributed by atoms with E-state index in [1.807, 2.05) is 0 Å². The third-order valence-electron chi connectivity index (χ3n) is 2.23. The second kappa shape index (κ2) is 3.79. The Morgan fingerprint density at radius 1 is 1.71 bits per heavy atom. The molecule has 1 unspecified atom stereocenters. The predicted molar refractivity (Wildman–Crippen MR) is 51.8 cm³/mol. The lowest BCUT2D eigenvalue weighted by Gasteiger charge is -2.28. The van der Waals surface area contributed by atoms with Crippen LogP contribution in [0.15, 0.2) is 12.3 Å². The quantitative estimate of drug-likeness (QED) is 0.652. The highest BCUT2D eigenvalue weighted by Gasteiger charge is 2.26. The Labute approximate surface area is 82.5 Å². The molecule has 14 heavy (non-hydrogen) atoms. The minimum absolute atomic E-state index is 0.270. The average Bonchev–Trinajstić information content (AvgIpc) is 2.54. The molecule has 0 fully saturated rings. The zero-order valence-corrected chi connectivity index (χ0v) is 8.53. The van der Waals surface area contributed by atoms with Crippen LogP contribution in [0, 0.1) is 0 Å². The zero-order valence-electron chi connectivity index (χ0n) is 8.53. The first-order valence-electron chi connectivity index (χ1n) is 4.43. The van der Waals surface area contributed by atoms with Gasteiger partial charge in [-0.05, 0) is 26.8 Å². The van der Waals surface area contributed by atoms with Crippen LogP contribution in [-0.2, 0) is 0 Å². The van der Waals surface area contributed by atoms with Crippen LogP contribution in [0.5, 0.6) is 0 Å². The number of hydrogen-bond donors (Lipinski definition) is 3. The number of aliphatic hydroxyl groups excluding tert-OH is 1. The summed E-state index contributed by atoms with van der Waals surface area (Å²) >= 11 is 0. The third-order valence-corrected chi connectivity index (χ3v) is 2.23. The van der Waals surface area contributed by atoms with Crippen molar-refractivity contribution in [1.82, 2.24) is 15.5 Å². The topological polar surface area (TPSA) is 78.0 Å². The number of carbonyl (C=O) groups is 1. The van der Waals surface area contributed by atoms with Crippen molar-refractivity contribution in [2.75, 3.05) is 0 Å². The summed E-state index contributed by atoms with van der Waals surface area (Å²) in [5, 5.41) is 18.3. The maximum atomic E-state index is 11.5. The molecule has 0 spiro atoms. The molecule has 0 radical (unpaired) electrons. The summed E-state index contributed by atoms with van der Waals surface area (Å²) in [6, 6.07) is 1.58. The summed E-state index contributed by atoms with van der Waals surface area (Å²) in [4.78, 5) is 11.5. The molecule has 0 aliphatic heterocycles. The van der Waals surface area contributed by atoms with Crippen molar-refractivity contribution in [3.8, 4) is 0 Å². The molecule has 0 aromatic carbocycles. The minimum atomic E-state index is -0.651. The first-order valence-corrected chi connectivity index (χ1v) is 4.43. The van der Waals surface area contributed by atoms with Gasteiger partial charge in [-0.3, -0.25) is 9.89 Å². The van der Waals surface area contributed by atoms with Crippen LogP contribution >= 0.6 is 0 Å². The van der Waals surface area contributed by atoms with E-state index in [4.69, 9.17) is 0 Å². The van der Waals surface area contributed by atoms with E-state index in [-0.39, 0.29) is 5.91 Å². The Hall–Kier alpha value is -1.36. The SMILES string of the molecule is CC(O)C(C)(C)NC(=O)c1ccn[nH]1. The summed E-state index contributed by atoms with van der Waals surface area (Å²) in [7, 11) is 0. The van der Waals surface area contributed by atoms with Crippen molar-refractivity contribution in [3.63, 3.8) is 0 Å². The first kappa shape index (κ1) is 10.7. The van der Waals surface area contributed by atoms with Gasteiger partial charge in [0.15, 0.2) is 0 Å². The molecule has 1 aromatic heterocycles. The largest absolute Gasteiger partial charge is 0.391 e. The molecule has 1 aromatic rings. The van der Waals surface area contributed by atoms with E-state index in [0.717, 1.165) is 0 Å².